The van der Waals surface area contributed by atoms with Crippen molar-refractivity contribution >= 4 is 0 Å². The van der Waals surface area contributed by atoms with Crippen molar-refractivity contribution in [2.45, 2.75) is 26.7 Å². The van der Waals surface area contributed by atoms with Crippen molar-refractivity contribution in [2.75, 3.05) is 0 Å². The first-order valence-corrected chi connectivity index (χ1v) is 5.26. The van der Waals surface area contributed by atoms with Gasteiger partial charge in [0.15, 0.2) is 5.82 Å². The molecule has 0 bridgehead atoms. The third kappa shape index (κ3) is 2.24. The molecule has 3 heteroatoms. The molecule has 3 nitrogen and oxygen atoms in total. The van der Waals surface area contributed by atoms with Crippen molar-refractivity contribution in [1.82, 2.24) is 14.8 Å². The maximum absolute atomic E-state index is 4.38. The summed E-state index contributed by atoms with van der Waals surface area (Å²) in [6, 6.07) is 4.13. The Balaban J connectivity index is 2.23. The summed E-state index contributed by atoms with van der Waals surface area (Å²) < 4.78 is 1.80. The number of rotatable bonds is 3. The fourth-order valence-electron chi connectivity index (χ4n) is 1.53. The van der Waals surface area contributed by atoms with Crippen molar-refractivity contribution in [2.24, 2.45) is 0 Å². The van der Waals surface area contributed by atoms with Crippen molar-refractivity contribution in [1.29, 1.82) is 0 Å². The molecule has 15 heavy (non-hydrogen) atoms. The van der Waals surface area contributed by atoms with Crippen LogP contribution in [0.15, 0.2) is 30.7 Å². The van der Waals surface area contributed by atoms with Gasteiger partial charge in [0.1, 0.15) is 0 Å². The van der Waals surface area contributed by atoms with Crippen molar-refractivity contribution in [3.63, 3.8) is 0 Å². The molecular weight excluding hydrogens is 186 g/mol. The topological polar surface area (TPSA) is 30.7 Å². The molecule has 78 valence electrons. The summed E-state index contributed by atoms with van der Waals surface area (Å²) in [5.41, 5.74) is 2.43. The van der Waals surface area contributed by atoms with Gasteiger partial charge in [-0.3, -0.25) is 0 Å². The average molecular weight is 201 g/mol. The number of nitrogens with zero attached hydrogens (tertiary/aromatic N) is 3. The molecule has 0 saturated carbocycles. The Bertz CT molecular complexity index is 428. The van der Waals surface area contributed by atoms with Crippen LogP contribution in [0.2, 0.25) is 0 Å². The van der Waals surface area contributed by atoms with Crippen molar-refractivity contribution in [3.05, 3.63) is 41.9 Å². The Morgan fingerprint density at radius 3 is 2.67 bits per heavy atom. The van der Waals surface area contributed by atoms with E-state index in [2.05, 4.69) is 23.1 Å². The van der Waals surface area contributed by atoms with E-state index in [1.54, 1.807) is 4.68 Å². The quantitative estimate of drug-likeness (QED) is 0.764. The first-order valence-electron chi connectivity index (χ1n) is 5.26. The molecule has 0 fully saturated rings. The molecule has 0 spiro atoms. The van der Waals surface area contributed by atoms with E-state index < -0.39 is 0 Å². The summed E-state index contributed by atoms with van der Waals surface area (Å²) >= 11 is 0. The lowest BCUT2D eigenvalue weighted by Gasteiger charge is -2.01. The van der Waals surface area contributed by atoms with Crippen LogP contribution in [0.25, 0.3) is 5.82 Å². The summed E-state index contributed by atoms with van der Waals surface area (Å²) in [5, 5.41) is 4.22. The Hall–Kier alpha value is -1.64. The molecule has 2 aromatic heterocycles. The van der Waals surface area contributed by atoms with Gasteiger partial charge in [-0.05, 0) is 30.5 Å². The van der Waals surface area contributed by atoms with Crippen molar-refractivity contribution < 1.29 is 0 Å². The SMILES string of the molecule is CCCc1ccc(-n2cc(C)cn2)nc1. The highest BCUT2D eigenvalue weighted by Gasteiger charge is 1.99. The Morgan fingerprint density at radius 1 is 1.27 bits per heavy atom. The minimum atomic E-state index is 0.878. The van der Waals surface area contributed by atoms with E-state index in [0.717, 1.165) is 24.2 Å². The second-order valence-corrected chi connectivity index (χ2v) is 3.74. The van der Waals surface area contributed by atoms with Gasteiger partial charge in [0.05, 0.1) is 6.20 Å². The molecule has 0 aliphatic rings. The van der Waals surface area contributed by atoms with Gasteiger partial charge in [-0.2, -0.15) is 5.10 Å². The summed E-state index contributed by atoms with van der Waals surface area (Å²) in [6.07, 6.45) is 7.98. The Kier molecular flexibility index (Phi) is 2.81. The molecule has 0 atom stereocenters. The van der Waals surface area contributed by atoms with Crippen LogP contribution in [0.3, 0.4) is 0 Å². The zero-order valence-corrected chi connectivity index (χ0v) is 9.14. The van der Waals surface area contributed by atoms with Gasteiger partial charge in [0.25, 0.3) is 0 Å². The number of hydrogen-bond acceptors (Lipinski definition) is 2. The second-order valence-electron chi connectivity index (χ2n) is 3.74. The minimum absolute atomic E-state index is 0.878. The van der Waals surface area contributed by atoms with Gasteiger partial charge in [-0.25, -0.2) is 9.67 Å². The van der Waals surface area contributed by atoms with Crippen LogP contribution < -0.4 is 0 Å². The molecule has 0 aliphatic carbocycles. The Morgan fingerprint density at radius 2 is 2.13 bits per heavy atom. The first kappa shape index (κ1) is 9.90. The average Bonchev–Trinajstić information content (AvgIpc) is 2.67. The maximum atomic E-state index is 4.38. The molecule has 2 aromatic rings. The lowest BCUT2D eigenvalue weighted by atomic mass is 10.2. The molecule has 2 rings (SSSR count). The number of aromatic nitrogens is 3. The molecule has 0 radical (unpaired) electrons. The second kappa shape index (κ2) is 4.26. The van der Waals surface area contributed by atoms with Gasteiger partial charge >= 0.3 is 0 Å². The van der Waals surface area contributed by atoms with Crippen LogP contribution in [0.5, 0.6) is 0 Å². The molecule has 0 saturated heterocycles. The van der Waals surface area contributed by atoms with E-state index in [4.69, 9.17) is 0 Å². The highest BCUT2D eigenvalue weighted by molar-refractivity contribution is 5.25. The summed E-state index contributed by atoms with van der Waals surface area (Å²) in [5.74, 6) is 0.878. The van der Waals surface area contributed by atoms with E-state index in [9.17, 15) is 0 Å². The van der Waals surface area contributed by atoms with Crippen LogP contribution in [0.4, 0.5) is 0 Å². The molecule has 2 heterocycles. The van der Waals surface area contributed by atoms with Crippen LogP contribution >= 0.6 is 0 Å². The maximum Gasteiger partial charge on any atom is 0.153 e. The normalized spacial score (nSPS) is 10.5. The fourth-order valence-corrected chi connectivity index (χ4v) is 1.53. The van der Waals surface area contributed by atoms with Gasteiger partial charge in [0.2, 0.25) is 0 Å². The predicted molar refractivity (Wildman–Crippen MR) is 60.1 cm³/mol. The number of aryl methyl sites for hydroxylation is 2. The zero-order valence-electron chi connectivity index (χ0n) is 9.14. The van der Waals surface area contributed by atoms with Crippen molar-refractivity contribution in [3.8, 4) is 5.82 Å². The van der Waals surface area contributed by atoms with Crippen LogP contribution in [0.1, 0.15) is 24.5 Å². The summed E-state index contributed by atoms with van der Waals surface area (Å²) in [4.78, 5) is 4.38. The zero-order chi connectivity index (χ0) is 10.7. The minimum Gasteiger partial charge on any atom is -0.237 e. The van der Waals surface area contributed by atoms with Crippen LogP contribution in [-0.2, 0) is 6.42 Å². The van der Waals surface area contributed by atoms with Gasteiger partial charge < -0.3 is 0 Å². The third-order valence-corrected chi connectivity index (χ3v) is 2.29. The fraction of sp³-hybridized carbons (Fsp3) is 0.333. The standard InChI is InChI=1S/C12H15N3/c1-3-4-11-5-6-12(13-8-11)15-9-10(2)7-14-15/h5-9H,3-4H2,1-2H3. The van der Waals surface area contributed by atoms with Crippen LogP contribution in [0, 0.1) is 6.92 Å². The first-order chi connectivity index (χ1) is 7.29. The lowest BCUT2D eigenvalue weighted by Crippen LogP contribution is -1.98. The summed E-state index contributed by atoms with van der Waals surface area (Å²) in [6.45, 7) is 4.19. The largest absolute Gasteiger partial charge is 0.237 e. The third-order valence-electron chi connectivity index (χ3n) is 2.29. The predicted octanol–water partition coefficient (Wildman–Crippen LogP) is 2.53. The molecule has 0 N–H and O–H groups in total. The highest BCUT2D eigenvalue weighted by atomic mass is 15.3. The van der Waals surface area contributed by atoms with E-state index in [0.29, 0.717) is 0 Å². The molecule has 0 amide bonds. The van der Waals surface area contributed by atoms with E-state index in [1.165, 1.54) is 5.56 Å². The van der Waals surface area contributed by atoms with Gasteiger partial charge in [-0.15, -0.1) is 0 Å². The van der Waals surface area contributed by atoms with Gasteiger partial charge in [-0.1, -0.05) is 19.4 Å². The summed E-state index contributed by atoms with van der Waals surface area (Å²) in [7, 11) is 0. The molecule has 0 aromatic carbocycles. The van der Waals surface area contributed by atoms with E-state index >= 15 is 0 Å². The molecular formula is C12H15N3. The number of pyridine rings is 1. The molecule has 0 unspecified atom stereocenters. The van der Waals surface area contributed by atoms with E-state index in [1.807, 2.05) is 31.6 Å². The Labute approximate surface area is 89.8 Å². The van der Waals surface area contributed by atoms with Gasteiger partial charge in [0, 0.05) is 12.4 Å². The highest BCUT2D eigenvalue weighted by Crippen LogP contribution is 2.07. The monoisotopic (exact) mass is 201 g/mol. The molecule has 0 aliphatic heterocycles. The smallest absolute Gasteiger partial charge is 0.153 e. The van der Waals surface area contributed by atoms with Crippen LogP contribution in [-0.4, -0.2) is 14.8 Å². The number of hydrogen-bond donors (Lipinski definition) is 0. The van der Waals surface area contributed by atoms with E-state index in [-0.39, 0.29) is 0 Å². The lowest BCUT2D eigenvalue weighted by molar-refractivity contribution is 0.837.